The summed E-state index contributed by atoms with van der Waals surface area (Å²) in [7, 11) is 1.31. The monoisotopic (exact) mass is 240 g/mol. The summed E-state index contributed by atoms with van der Waals surface area (Å²) in [6, 6.07) is 0. The third-order valence-corrected chi connectivity index (χ3v) is 3.46. The number of hydrogen-bond acceptors (Lipinski definition) is 5. The number of carbonyl (C=O) groups is 2. The largest absolute Gasteiger partial charge is 0.465 e. The molecule has 1 fully saturated rings. The first kappa shape index (κ1) is 11.1. The number of hydrogen-bond donors (Lipinski definition) is 1. The second kappa shape index (κ2) is 4.21. The van der Waals surface area contributed by atoms with Gasteiger partial charge >= 0.3 is 5.97 Å². The molecule has 2 unspecified atom stereocenters. The highest BCUT2D eigenvalue weighted by atomic mass is 32.1. The Labute approximate surface area is 96.8 Å². The average Bonchev–Trinajstić information content (AvgIpc) is 2.82. The third-order valence-electron chi connectivity index (χ3n) is 2.57. The van der Waals surface area contributed by atoms with Gasteiger partial charge in [-0.1, -0.05) is 18.3 Å². The zero-order chi connectivity index (χ0) is 11.7. The number of thiazole rings is 1. The molecular weight excluding hydrogens is 228 g/mol. The minimum atomic E-state index is -0.433. The molecule has 86 valence electrons. The molecule has 1 aromatic rings. The second-order valence-corrected chi connectivity index (χ2v) is 4.86. The fourth-order valence-corrected chi connectivity index (χ4v) is 2.15. The molecule has 1 heterocycles. The normalized spacial score (nSPS) is 22.6. The Morgan fingerprint density at radius 1 is 1.62 bits per heavy atom. The molecule has 6 heteroatoms. The van der Waals surface area contributed by atoms with E-state index in [2.05, 4.69) is 15.0 Å². The van der Waals surface area contributed by atoms with Crippen molar-refractivity contribution in [2.24, 2.45) is 11.8 Å². The van der Waals surface area contributed by atoms with E-state index in [9.17, 15) is 9.59 Å². The fraction of sp³-hybridized carbons (Fsp3) is 0.500. The lowest BCUT2D eigenvalue weighted by molar-refractivity contribution is -0.117. The van der Waals surface area contributed by atoms with E-state index in [0.29, 0.717) is 15.9 Å². The summed E-state index contributed by atoms with van der Waals surface area (Å²) in [5.74, 6) is 0.113. The van der Waals surface area contributed by atoms with Crippen LogP contribution in [0.1, 0.15) is 23.0 Å². The standard InChI is InChI=1S/C10H12N2O3S/c1-5-3-6(5)8(13)12-10-11-4-7(16-10)9(14)15-2/h4-6H,3H2,1-2H3,(H,11,12,13). The van der Waals surface area contributed by atoms with Gasteiger partial charge in [0.15, 0.2) is 5.13 Å². The van der Waals surface area contributed by atoms with Crippen molar-refractivity contribution in [2.45, 2.75) is 13.3 Å². The van der Waals surface area contributed by atoms with Crippen LogP contribution in [0, 0.1) is 11.8 Å². The van der Waals surface area contributed by atoms with Gasteiger partial charge in [0.25, 0.3) is 0 Å². The lowest BCUT2D eigenvalue weighted by Gasteiger charge is -1.98. The number of aromatic nitrogens is 1. The maximum atomic E-state index is 11.6. The molecule has 5 nitrogen and oxygen atoms in total. The highest BCUT2D eigenvalue weighted by molar-refractivity contribution is 7.17. The van der Waals surface area contributed by atoms with Crippen molar-refractivity contribution in [3.05, 3.63) is 11.1 Å². The number of nitrogens with one attached hydrogen (secondary N) is 1. The number of anilines is 1. The zero-order valence-corrected chi connectivity index (χ0v) is 9.84. The summed E-state index contributed by atoms with van der Waals surface area (Å²) in [6.45, 7) is 2.03. The van der Waals surface area contributed by atoms with Crippen LogP contribution in [0.25, 0.3) is 0 Å². The summed E-state index contributed by atoms with van der Waals surface area (Å²) < 4.78 is 4.55. The molecule has 16 heavy (non-hydrogen) atoms. The molecule has 1 aliphatic rings. The van der Waals surface area contributed by atoms with Gasteiger partial charge in [0, 0.05) is 5.92 Å². The van der Waals surface area contributed by atoms with Crippen LogP contribution in [0.4, 0.5) is 5.13 Å². The van der Waals surface area contributed by atoms with Crippen molar-refractivity contribution in [3.8, 4) is 0 Å². The maximum Gasteiger partial charge on any atom is 0.349 e. The topological polar surface area (TPSA) is 68.3 Å². The van der Waals surface area contributed by atoms with Crippen LogP contribution in [0.2, 0.25) is 0 Å². The number of nitrogens with zero attached hydrogens (tertiary/aromatic N) is 1. The van der Waals surface area contributed by atoms with Gasteiger partial charge in [-0.25, -0.2) is 9.78 Å². The molecule has 0 aromatic carbocycles. The Balaban J connectivity index is 1.97. The van der Waals surface area contributed by atoms with Crippen LogP contribution in [0.3, 0.4) is 0 Å². The van der Waals surface area contributed by atoms with Crippen LogP contribution in [0.15, 0.2) is 6.20 Å². The fourth-order valence-electron chi connectivity index (χ4n) is 1.41. The lowest BCUT2D eigenvalue weighted by atomic mass is 10.3. The van der Waals surface area contributed by atoms with Crippen molar-refractivity contribution >= 4 is 28.3 Å². The number of carbonyl (C=O) groups excluding carboxylic acids is 2. The lowest BCUT2D eigenvalue weighted by Crippen LogP contribution is -2.14. The Hall–Kier alpha value is -1.43. The Morgan fingerprint density at radius 2 is 2.31 bits per heavy atom. The van der Waals surface area contributed by atoms with Gasteiger partial charge in [-0.2, -0.15) is 0 Å². The van der Waals surface area contributed by atoms with E-state index in [1.54, 1.807) is 0 Å². The van der Waals surface area contributed by atoms with E-state index in [1.807, 2.05) is 6.92 Å². The summed E-state index contributed by atoms with van der Waals surface area (Å²) in [4.78, 5) is 27.1. The molecule has 0 spiro atoms. The van der Waals surface area contributed by atoms with Gasteiger partial charge in [-0.3, -0.25) is 4.79 Å². The van der Waals surface area contributed by atoms with E-state index in [4.69, 9.17) is 0 Å². The minimum Gasteiger partial charge on any atom is -0.465 e. The maximum absolute atomic E-state index is 11.6. The smallest absolute Gasteiger partial charge is 0.349 e. The van der Waals surface area contributed by atoms with E-state index in [-0.39, 0.29) is 11.8 Å². The molecule has 1 aromatic heterocycles. The van der Waals surface area contributed by atoms with Gasteiger partial charge in [-0.15, -0.1) is 0 Å². The summed E-state index contributed by atoms with van der Waals surface area (Å²) >= 11 is 1.12. The number of esters is 1. The third kappa shape index (κ3) is 2.21. The van der Waals surface area contributed by atoms with Gasteiger partial charge in [0.1, 0.15) is 4.88 Å². The zero-order valence-electron chi connectivity index (χ0n) is 9.02. The first-order valence-electron chi connectivity index (χ1n) is 4.97. The van der Waals surface area contributed by atoms with Crippen molar-refractivity contribution < 1.29 is 14.3 Å². The molecule has 0 bridgehead atoms. The quantitative estimate of drug-likeness (QED) is 0.813. The minimum absolute atomic E-state index is 0.0155. The molecule has 1 amide bonds. The number of ether oxygens (including phenoxy) is 1. The highest BCUT2D eigenvalue weighted by Crippen LogP contribution is 2.38. The molecule has 1 N–H and O–H groups in total. The van der Waals surface area contributed by atoms with E-state index in [0.717, 1.165) is 17.8 Å². The summed E-state index contributed by atoms with van der Waals surface area (Å²) in [5.41, 5.74) is 0. The van der Waals surface area contributed by atoms with Crippen LogP contribution in [-0.2, 0) is 9.53 Å². The molecule has 2 rings (SSSR count). The van der Waals surface area contributed by atoms with Crippen LogP contribution >= 0.6 is 11.3 Å². The molecule has 0 aliphatic heterocycles. The average molecular weight is 240 g/mol. The van der Waals surface area contributed by atoms with Crippen molar-refractivity contribution in [2.75, 3.05) is 12.4 Å². The molecular formula is C10H12N2O3S. The predicted molar refractivity (Wildman–Crippen MR) is 59.4 cm³/mol. The molecule has 1 saturated carbocycles. The molecule has 2 atom stereocenters. The van der Waals surface area contributed by atoms with E-state index in [1.165, 1.54) is 13.3 Å². The summed E-state index contributed by atoms with van der Waals surface area (Å²) in [5, 5.41) is 3.14. The highest BCUT2D eigenvalue weighted by Gasteiger charge is 2.39. The Bertz CT molecular complexity index is 429. The summed E-state index contributed by atoms with van der Waals surface area (Å²) in [6.07, 6.45) is 2.34. The molecule has 1 aliphatic carbocycles. The Kier molecular flexibility index (Phi) is 2.91. The molecule has 0 radical (unpaired) electrons. The molecule has 0 saturated heterocycles. The van der Waals surface area contributed by atoms with Crippen LogP contribution in [0.5, 0.6) is 0 Å². The Morgan fingerprint density at radius 3 is 2.88 bits per heavy atom. The SMILES string of the molecule is COC(=O)c1cnc(NC(=O)C2CC2C)s1. The van der Waals surface area contributed by atoms with Gasteiger partial charge in [0.05, 0.1) is 13.3 Å². The van der Waals surface area contributed by atoms with Crippen LogP contribution < -0.4 is 5.32 Å². The first-order chi connectivity index (χ1) is 7.61. The second-order valence-electron chi connectivity index (χ2n) is 3.83. The van der Waals surface area contributed by atoms with Crippen LogP contribution in [-0.4, -0.2) is 24.0 Å². The van der Waals surface area contributed by atoms with Gasteiger partial charge < -0.3 is 10.1 Å². The first-order valence-corrected chi connectivity index (χ1v) is 5.78. The van der Waals surface area contributed by atoms with E-state index >= 15 is 0 Å². The predicted octanol–water partition coefficient (Wildman–Crippen LogP) is 1.52. The van der Waals surface area contributed by atoms with Gasteiger partial charge in [-0.05, 0) is 12.3 Å². The number of methoxy groups -OCH3 is 1. The van der Waals surface area contributed by atoms with Gasteiger partial charge in [0.2, 0.25) is 5.91 Å². The van der Waals surface area contributed by atoms with Crippen molar-refractivity contribution in [1.29, 1.82) is 0 Å². The van der Waals surface area contributed by atoms with E-state index < -0.39 is 5.97 Å². The van der Waals surface area contributed by atoms with Crippen molar-refractivity contribution in [1.82, 2.24) is 4.98 Å². The van der Waals surface area contributed by atoms with Crippen molar-refractivity contribution in [3.63, 3.8) is 0 Å². The number of amides is 1. The number of rotatable bonds is 3.